The molecule has 0 aromatic heterocycles. The van der Waals surface area contributed by atoms with E-state index < -0.39 is 28.8 Å². The van der Waals surface area contributed by atoms with E-state index in [0.29, 0.717) is 16.7 Å². The molecule has 0 fully saturated rings. The Morgan fingerprint density at radius 1 is 0.931 bits per heavy atom. The minimum absolute atomic E-state index is 0.144. The van der Waals surface area contributed by atoms with Crippen molar-refractivity contribution in [1.29, 1.82) is 0 Å². The van der Waals surface area contributed by atoms with E-state index in [1.54, 1.807) is 38.1 Å². The van der Waals surface area contributed by atoms with E-state index in [-0.39, 0.29) is 11.1 Å². The molecule has 2 aromatic carbocycles. The number of carbonyl (C=O) groups excluding carboxylic acids is 2. The van der Waals surface area contributed by atoms with Gasteiger partial charge in [-0.2, -0.15) is 0 Å². The van der Waals surface area contributed by atoms with Crippen molar-refractivity contribution in [1.82, 2.24) is 0 Å². The molecule has 1 aliphatic heterocycles. The fourth-order valence-electron chi connectivity index (χ4n) is 2.43. The van der Waals surface area contributed by atoms with Crippen LogP contribution in [0.25, 0.3) is 0 Å². The largest absolute Gasteiger partial charge is 0.478 e. The lowest BCUT2D eigenvalue weighted by Gasteiger charge is -2.03. The van der Waals surface area contributed by atoms with Crippen LogP contribution in [0.4, 0.5) is 0 Å². The van der Waals surface area contributed by atoms with Gasteiger partial charge in [0.15, 0.2) is 7.05 Å². The molecule has 0 saturated carbocycles. The Morgan fingerprint density at radius 3 is 1.90 bits per heavy atom. The number of carboxylic acid groups (broad SMARTS) is 2. The van der Waals surface area contributed by atoms with Gasteiger partial charge < -0.3 is 14.9 Å². The quantitative estimate of drug-likeness (QED) is 0.332. The summed E-state index contributed by atoms with van der Waals surface area (Å²) in [5.41, 5.74) is 1.70. The molecule has 0 atom stereocenters. The van der Waals surface area contributed by atoms with Crippen LogP contribution in [-0.4, -0.2) is 46.1 Å². The highest BCUT2D eigenvalue weighted by Crippen LogP contribution is 2.22. The monoisotopic (exact) mass is 403 g/mol. The van der Waals surface area contributed by atoms with Crippen LogP contribution in [0.15, 0.2) is 36.4 Å². The number of nitrogens with zero attached hydrogens (tertiary/aromatic N) is 1. The summed E-state index contributed by atoms with van der Waals surface area (Å²) in [7, 11) is 0.889. The van der Waals surface area contributed by atoms with Gasteiger partial charge in [0.05, 0.1) is 22.3 Å². The van der Waals surface area contributed by atoms with Gasteiger partial charge in [-0.3, -0.25) is 10.1 Å². The molecule has 0 amide bonds. The first kappa shape index (κ1) is 23.0. The van der Waals surface area contributed by atoms with Crippen LogP contribution in [0.2, 0.25) is 0 Å². The number of benzene rings is 2. The molecule has 0 radical (unpaired) electrons. The minimum atomic E-state index is -1.22. The number of aryl methyl sites for hydroxylation is 2. The van der Waals surface area contributed by atoms with Gasteiger partial charge in [-0.1, -0.05) is 24.3 Å². The van der Waals surface area contributed by atoms with Gasteiger partial charge in [-0.05, 0) is 37.1 Å². The molecule has 29 heavy (non-hydrogen) atoms. The van der Waals surface area contributed by atoms with Gasteiger partial charge in [-0.15, -0.1) is 0 Å². The maximum Gasteiger partial charge on any atom is 0.347 e. The molecular formula is C19H17NO9. The highest BCUT2D eigenvalue weighted by Gasteiger charge is 2.30. The third-order valence-electron chi connectivity index (χ3n) is 3.60. The Kier molecular flexibility index (Phi) is 7.71. The smallest absolute Gasteiger partial charge is 0.347 e. The number of carbonyl (C=O) groups is 4. The first-order chi connectivity index (χ1) is 13.5. The zero-order valence-electron chi connectivity index (χ0n) is 15.7. The minimum Gasteiger partial charge on any atom is -0.478 e. The van der Waals surface area contributed by atoms with E-state index in [1.807, 2.05) is 0 Å². The molecule has 2 aromatic rings. The highest BCUT2D eigenvalue weighted by molar-refractivity contribution is 6.15. The van der Waals surface area contributed by atoms with Gasteiger partial charge in [0.1, 0.15) is 0 Å². The highest BCUT2D eigenvalue weighted by atomic mass is 16.6. The zero-order chi connectivity index (χ0) is 22.3. The first-order valence-electron chi connectivity index (χ1n) is 7.97. The van der Waals surface area contributed by atoms with E-state index in [1.165, 1.54) is 12.1 Å². The van der Waals surface area contributed by atoms with Gasteiger partial charge in [0.2, 0.25) is 0 Å². The number of ether oxygens (including phenoxy) is 1. The molecule has 0 unspecified atom stereocenters. The Hall–Kier alpha value is -4.08. The predicted molar refractivity (Wildman–Crippen MR) is 98.9 cm³/mol. The molecule has 2 N–H and O–H groups in total. The Morgan fingerprint density at radius 2 is 1.45 bits per heavy atom. The summed E-state index contributed by atoms with van der Waals surface area (Å²) in [6.45, 7) is 3.34. The number of aromatic carboxylic acids is 2. The maximum absolute atomic E-state index is 11.1. The number of esters is 2. The number of hydrogen-bond acceptors (Lipinski definition) is 7. The van der Waals surface area contributed by atoms with Crippen LogP contribution >= 0.6 is 0 Å². The standard InChI is InChI=1S/C9H8O4.C9H6O3.CH3NO2/c1-5-3-2-4-6(8(10)11)7(5)9(12)13;1-5-3-2-4-6-7(5)9(11)12-8(6)10;1-2(3)4/h2-4H,1H3,(H,10,11)(H,12,13);2-4H,1H3;1H3. The molecule has 0 saturated heterocycles. The summed E-state index contributed by atoms with van der Waals surface area (Å²) in [5, 5.41) is 26.2. The average molecular weight is 403 g/mol. The number of carboxylic acids is 2. The zero-order valence-corrected chi connectivity index (χ0v) is 15.7. The molecule has 10 heteroatoms. The van der Waals surface area contributed by atoms with Crippen molar-refractivity contribution < 1.29 is 39.1 Å². The van der Waals surface area contributed by atoms with Crippen molar-refractivity contribution in [3.05, 3.63) is 79.9 Å². The molecule has 0 bridgehead atoms. The van der Waals surface area contributed by atoms with Gasteiger partial charge in [-0.25, -0.2) is 19.2 Å². The Labute approximate surface area is 164 Å². The van der Waals surface area contributed by atoms with E-state index >= 15 is 0 Å². The van der Waals surface area contributed by atoms with Gasteiger partial charge >= 0.3 is 23.9 Å². The number of rotatable bonds is 2. The Bertz CT molecular complexity index is 991. The van der Waals surface area contributed by atoms with Crippen LogP contribution in [-0.2, 0) is 4.74 Å². The Balaban J connectivity index is 0.000000246. The summed E-state index contributed by atoms with van der Waals surface area (Å²) >= 11 is 0. The number of nitro groups is 1. The topological polar surface area (TPSA) is 161 Å². The lowest BCUT2D eigenvalue weighted by atomic mass is 10.0. The second-order valence-corrected chi connectivity index (χ2v) is 5.72. The molecular weight excluding hydrogens is 386 g/mol. The van der Waals surface area contributed by atoms with E-state index in [4.69, 9.17) is 20.3 Å². The van der Waals surface area contributed by atoms with Gasteiger partial charge in [0.25, 0.3) is 0 Å². The van der Waals surface area contributed by atoms with Crippen LogP contribution in [0.3, 0.4) is 0 Å². The van der Waals surface area contributed by atoms with Crippen molar-refractivity contribution in [2.75, 3.05) is 7.05 Å². The van der Waals surface area contributed by atoms with E-state index in [0.717, 1.165) is 12.6 Å². The number of hydrogen-bond donors (Lipinski definition) is 2. The first-order valence-corrected chi connectivity index (χ1v) is 7.97. The molecule has 0 spiro atoms. The maximum atomic E-state index is 11.1. The third-order valence-corrected chi connectivity index (χ3v) is 3.60. The van der Waals surface area contributed by atoms with Crippen molar-refractivity contribution in [2.24, 2.45) is 0 Å². The fourth-order valence-corrected chi connectivity index (χ4v) is 2.43. The van der Waals surface area contributed by atoms with E-state index in [9.17, 15) is 19.2 Å². The summed E-state index contributed by atoms with van der Waals surface area (Å²) in [6.07, 6.45) is 0. The fraction of sp³-hybridized carbons (Fsp3) is 0.158. The summed E-state index contributed by atoms with van der Waals surface area (Å²) in [6, 6.07) is 9.46. The molecule has 10 nitrogen and oxygen atoms in total. The van der Waals surface area contributed by atoms with Crippen molar-refractivity contribution in [3.63, 3.8) is 0 Å². The normalized spacial score (nSPS) is 11.1. The molecule has 1 aliphatic rings. The third kappa shape index (κ3) is 5.96. The second kappa shape index (κ2) is 9.74. The predicted octanol–water partition coefficient (Wildman–Crippen LogP) is 2.59. The summed E-state index contributed by atoms with van der Waals surface area (Å²) in [5.74, 6) is -3.51. The number of cyclic esters (lactones) is 2. The van der Waals surface area contributed by atoms with Crippen molar-refractivity contribution >= 4 is 23.9 Å². The molecule has 152 valence electrons. The molecule has 1 heterocycles. The molecule has 3 rings (SSSR count). The van der Waals surface area contributed by atoms with E-state index in [2.05, 4.69) is 4.74 Å². The SMILES string of the molecule is C[N+](=O)[O-].Cc1cccc(C(=O)O)c1C(=O)O.Cc1cccc2c1C(=O)OC2=O. The number of fused-ring (bicyclic) bond motifs is 1. The molecule has 0 aliphatic carbocycles. The van der Waals surface area contributed by atoms with Crippen LogP contribution in [0.5, 0.6) is 0 Å². The van der Waals surface area contributed by atoms with Gasteiger partial charge in [0, 0.05) is 4.92 Å². The lowest BCUT2D eigenvalue weighted by Crippen LogP contribution is -2.09. The lowest BCUT2D eigenvalue weighted by molar-refractivity contribution is -0.445. The van der Waals surface area contributed by atoms with Crippen LogP contribution in [0, 0.1) is 24.0 Å². The van der Waals surface area contributed by atoms with Crippen molar-refractivity contribution in [3.8, 4) is 0 Å². The average Bonchev–Trinajstić information content (AvgIpc) is 2.89. The van der Waals surface area contributed by atoms with Crippen LogP contribution < -0.4 is 0 Å². The second-order valence-electron chi connectivity index (χ2n) is 5.72. The summed E-state index contributed by atoms with van der Waals surface area (Å²) < 4.78 is 4.43. The van der Waals surface area contributed by atoms with Crippen molar-refractivity contribution in [2.45, 2.75) is 13.8 Å². The summed E-state index contributed by atoms with van der Waals surface area (Å²) in [4.78, 5) is 51.6. The van der Waals surface area contributed by atoms with Crippen LogP contribution in [0.1, 0.15) is 52.6 Å².